The Morgan fingerprint density at radius 3 is 2.94 bits per heavy atom. The van der Waals surface area contributed by atoms with E-state index >= 15 is 0 Å². The largest absolute Gasteiger partial charge is 0.480 e. The third-order valence-electron chi connectivity index (χ3n) is 2.24. The minimum absolute atomic E-state index is 0.0295. The van der Waals surface area contributed by atoms with Crippen LogP contribution >= 0.6 is 0 Å². The van der Waals surface area contributed by atoms with E-state index < -0.39 is 5.82 Å². The summed E-state index contributed by atoms with van der Waals surface area (Å²) in [5.74, 6) is -0.831. The van der Waals surface area contributed by atoms with E-state index in [1.807, 2.05) is 0 Å². The molecule has 100 valence electrons. The quantitative estimate of drug-likeness (QED) is 0.694. The second-order valence-electron chi connectivity index (χ2n) is 3.56. The molecular weight excluding hydrogens is 239 g/mol. The van der Waals surface area contributed by atoms with Gasteiger partial charge >= 0.3 is 0 Å². The maximum Gasteiger partial charge on any atom is 0.258 e. The highest BCUT2D eigenvalue weighted by atomic mass is 19.1. The van der Waals surface area contributed by atoms with Crippen LogP contribution < -0.4 is 15.8 Å². The van der Waals surface area contributed by atoms with E-state index in [4.69, 9.17) is 15.2 Å². The Bertz CT molecular complexity index is 399. The van der Waals surface area contributed by atoms with Crippen LogP contribution in [0.5, 0.6) is 5.75 Å². The van der Waals surface area contributed by atoms with Crippen molar-refractivity contribution < 1.29 is 18.7 Å². The zero-order chi connectivity index (χ0) is 13.4. The molecule has 5 nitrogen and oxygen atoms in total. The van der Waals surface area contributed by atoms with Crippen molar-refractivity contribution in [1.82, 2.24) is 5.32 Å². The first-order valence-electron chi connectivity index (χ1n) is 5.55. The SMILES string of the molecule is COCCNC(=O)COc1c(F)cccc1CN. The van der Waals surface area contributed by atoms with Gasteiger partial charge in [-0.1, -0.05) is 12.1 Å². The van der Waals surface area contributed by atoms with Gasteiger partial charge in [-0.2, -0.15) is 0 Å². The van der Waals surface area contributed by atoms with Crippen LogP contribution in [-0.2, 0) is 16.1 Å². The van der Waals surface area contributed by atoms with E-state index in [1.165, 1.54) is 13.2 Å². The van der Waals surface area contributed by atoms with Crippen LogP contribution in [-0.4, -0.2) is 32.8 Å². The number of carbonyl (C=O) groups excluding carboxylic acids is 1. The highest BCUT2D eigenvalue weighted by Crippen LogP contribution is 2.21. The van der Waals surface area contributed by atoms with Gasteiger partial charge in [0, 0.05) is 25.8 Å². The molecule has 0 atom stereocenters. The predicted molar refractivity (Wildman–Crippen MR) is 64.7 cm³/mol. The second kappa shape index (κ2) is 7.62. The molecule has 0 bridgehead atoms. The maximum absolute atomic E-state index is 13.5. The number of nitrogens with one attached hydrogen (secondary N) is 1. The first kappa shape index (κ1) is 14.4. The summed E-state index contributed by atoms with van der Waals surface area (Å²) in [6, 6.07) is 4.46. The van der Waals surface area contributed by atoms with Gasteiger partial charge in [-0.3, -0.25) is 4.79 Å². The number of rotatable bonds is 7. The molecule has 1 amide bonds. The molecule has 1 rings (SSSR count). The molecule has 0 saturated heterocycles. The number of para-hydroxylation sites is 1. The van der Waals surface area contributed by atoms with Crippen molar-refractivity contribution in [3.8, 4) is 5.75 Å². The van der Waals surface area contributed by atoms with E-state index in [0.29, 0.717) is 18.7 Å². The van der Waals surface area contributed by atoms with E-state index in [-0.39, 0.29) is 24.8 Å². The monoisotopic (exact) mass is 256 g/mol. The summed E-state index contributed by atoms with van der Waals surface area (Å²) in [4.78, 5) is 11.4. The van der Waals surface area contributed by atoms with Gasteiger partial charge in [-0.25, -0.2) is 4.39 Å². The lowest BCUT2D eigenvalue weighted by molar-refractivity contribution is -0.123. The number of methoxy groups -OCH3 is 1. The van der Waals surface area contributed by atoms with Gasteiger partial charge in [0.25, 0.3) is 5.91 Å². The van der Waals surface area contributed by atoms with E-state index in [0.717, 1.165) is 0 Å². The topological polar surface area (TPSA) is 73.6 Å². The van der Waals surface area contributed by atoms with Gasteiger partial charge in [-0.15, -0.1) is 0 Å². The van der Waals surface area contributed by atoms with Gasteiger partial charge in [0.2, 0.25) is 0 Å². The lowest BCUT2D eigenvalue weighted by Crippen LogP contribution is -2.31. The van der Waals surface area contributed by atoms with Crippen LogP contribution in [0.25, 0.3) is 0 Å². The minimum atomic E-state index is -0.525. The smallest absolute Gasteiger partial charge is 0.258 e. The van der Waals surface area contributed by atoms with Gasteiger partial charge in [0.15, 0.2) is 18.2 Å². The molecule has 0 aliphatic rings. The van der Waals surface area contributed by atoms with Crippen LogP contribution in [0.3, 0.4) is 0 Å². The Kier molecular flexibility index (Phi) is 6.10. The number of nitrogens with two attached hydrogens (primary N) is 1. The summed E-state index contributed by atoms with van der Waals surface area (Å²) >= 11 is 0. The summed E-state index contributed by atoms with van der Waals surface area (Å²) in [7, 11) is 1.54. The van der Waals surface area contributed by atoms with Crippen molar-refractivity contribution in [1.29, 1.82) is 0 Å². The number of carbonyl (C=O) groups is 1. The zero-order valence-electron chi connectivity index (χ0n) is 10.2. The third kappa shape index (κ3) is 4.31. The Morgan fingerprint density at radius 2 is 2.28 bits per heavy atom. The molecular formula is C12H17FN2O3. The first-order chi connectivity index (χ1) is 8.69. The zero-order valence-corrected chi connectivity index (χ0v) is 10.2. The Labute approximate surface area is 105 Å². The molecule has 1 aromatic carbocycles. The van der Waals surface area contributed by atoms with Crippen molar-refractivity contribution >= 4 is 5.91 Å². The number of halogens is 1. The summed E-state index contributed by atoms with van der Waals surface area (Å²) < 4.78 is 23.4. The average Bonchev–Trinajstić information content (AvgIpc) is 2.37. The molecule has 0 unspecified atom stereocenters. The van der Waals surface area contributed by atoms with Crippen molar-refractivity contribution in [3.63, 3.8) is 0 Å². The van der Waals surface area contributed by atoms with E-state index in [2.05, 4.69) is 5.32 Å². The summed E-state index contributed by atoms with van der Waals surface area (Å²) in [5, 5.41) is 2.57. The average molecular weight is 256 g/mol. The molecule has 1 aromatic rings. The normalized spacial score (nSPS) is 10.2. The number of hydrogen-bond donors (Lipinski definition) is 2. The molecule has 0 aromatic heterocycles. The lowest BCUT2D eigenvalue weighted by Gasteiger charge is -2.11. The standard InChI is InChI=1S/C12H17FN2O3/c1-17-6-5-15-11(16)8-18-12-9(7-14)3-2-4-10(12)13/h2-4H,5-8,14H2,1H3,(H,15,16). The fourth-order valence-electron chi connectivity index (χ4n) is 1.36. The molecule has 0 heterocycles. The number of amides is 1. The molecule has 0 aliphatic heterocycles. The van der Waals surface area contributed by atoms with Gasteiger partial charge in [0.05, 0.1) is 6.61 Å². The molecule has 18 heavy (non-hydrogen) atoms. The molecule has 0 spiro atoms. The molecule has 0 fully saturated rings. The highest BCUT2D eigenvalue weighted by molar-refractivity contribution is 5.77. The maximum atomic E-state index is 13.5. The third-order valence-corrected chi connectivity index (χ3v) is 2.24. The molecule has 3 N–H and O–H groups in total. The first-order valence-corrected chi connectivity index (χ1v) is 5.55. The minimum Gasteiger partial charge on any atom is -0.480 e. The van der Waals surface area contributed by atoms with Gasteiger partial charge in [-0.05, 0) is 6.07 Å². The molecule has 6 heteroatoms. The van der Waals surface area contributed by atoms with Crippen molar-refractivity contribution in [2.24, 2.45) is 5.73 Å². The number of ether oxygens (including phenoxy) is 2. The Morgan fingerprint density at radius 1 is 1.50 bits per heavy atom. The summed E-state index contributed by atoms with van der Waals surface area (Å²) in [6.45, 7) is 0.704. The predicted octanol–water partition coefficient (Wildman–Crippen LogP) is 0.426. The summed E-state index contributed by atoms with van der Waals surface area (Å²) in [5.41, 5.74) is 5.99. The van der Waals surface area contributed by atoms with Gasteiger partial charge in [0.1, 0.15) is 0 Å². The molecule has 0 saturated carbocycles. The highest BCUT2D eigenvalue weighted by Gasteiger charge is 2.10. The lowest BCUT2D eigenvalue weighted by atomic mass is 10.2. The fourth-order valence-corrected chi connectivity index (χ4v) is 1.36. The van der Waals surface area contributed by atoms with Crippen molar-refractivity contribution in [3.05, 3.63) is 29.6 Å². The second-order valence-corrected chi connectivity index (χ2v) is 3.56. The van der Waals surface area contributed by atoms with E-state index in [9.17, 15) is 9.18 Å². The van der Waals surface area contributed by atoms with E-state index in [1.54, 1.807) is 12.1 Å². The van der Waals surface area contributed by atoms with Crippen LogP contribution in [0.4, 0.5) is 4.39 Å². The van der Waals surface area contributed by atoms with Crippen LogP contribution in [0.15, 0.2) is 18.2 Å². The van der Waals surface area contributed by atoms with Gasteiger partial charge < -0.3 is 20.5 Å². The number of benzene rings is 1. The van der Waals surface area contributed by atoms with Crippen molar-refractivity contribution in [2.75, 3.05) is 26.9 Å². The van der Waals surface area contributed by atoms with Crippen LogP contribution in [0.1, 0.15) is 5.56 Å². The summed E-state index contributed by atoms with van der Waals surface area (Å²) in [6.07, 6.45) is 0. The number of hydrogen-bond acceptors (Lipinski definition) is 4. The van der Waals surface area contributed by atoms with Crippen LogP contribution in [0.2, 0.25) is 0 Å². The van der Waals surface area contributed by atoms with Crippen LogP contribution in [0, 0.1) is 5.82 Å². The Balaban J connectivity index is 2.50. The molecule has 0 aliphatic carbocycles. The van der Waals surface area contributed by atoms with Crippen molar-refractivity contribution in [2.45, 2.75) is 6.54 Å². The molecule has 0 radical (unpaired) electrons. The Hall–Kier alpha value is -1.66. The fraction of sp³-hybridized carbons (Fsp3) is 0.417.